The van der Waals surface area contributed by atoms with Crippen molar-refractivity contribution in [2.75, 3.05) is 4.83 Å². The Morgan fingerprint density at radius 2 is 2.00 bits per heavy atom. The molecular weight excluding hydrogens is 240 g/mol. The molecule has 15 heavy (non-hydrogen) atoms. The second-order valence-corrected chi connectivity index (χ2v) is 5.20. The van der Waals surface area contributed by atoms with Crippen molar-refractivity contribution in [1.82, 2.24) is 4.68 Å². The maximum absolute atomic E-state index is 10.8. The van der Waals surface area contributed by atoms with E-state index >= 15 is 0 Å². The third-order valence-electron chi connectivity index (χ3n) is 1.89. The lowest BCUT2D eigenvalue weighted by Crippen LogP contribution is -2.17. The van der Waals surface area contributed by atoms with Gasteiger partial charge in [0.05, 0.1) is 5.52 Å². The van der Waals surface area contributed by atoms with Crippen LogP contribution in [0.5, 0.6) is 5.88 Å². The van der Waals surface area contributed by atoms with Crippen LogP contribution in [0.25, 0.3) is 10.9 Å². The first-order chi connectivity index (χ1) is 6.97. The van der Waals surface area contributed by atoms with Crippen molar-refractivity contribution in [3.63, 3.8) is 0 Å². The average molecular weight is 247 g/mol. The van der Waals surface area contributed by atoms with Gasteiger partial charge in [-0.1, -0.05) is 18.2 Å². The van der Waals surface area contributed by atoms with Crippen LogP contribution in [0.4, 0.5) is 0 Å². The van der Waals surface area contributed by atoms with Crippen LogP contribution in [0.1, 0.15) is 0 Å². The lowest BCUT2D eigenvalue weighted by molar-refractivity contribution is 0.439. The molecule has 2 aromatic rings. The lowest BCUT2D eigenvalue weighted by Gasteiger charge is -2.05. The second kappa shape index (κ2) is 3.32. The van der Waals surface area contributed by atoms with E-state index in [9.17, 15) is 13.5 Å². The number of nitrogens with one attached hydrogen (secondary N) is 1. The van der Waals surface area contributed by atoms with Crippen LogP contribution in [0.3, 0.4) is 0 Å². The molecule has 0 fully saturated rings. The van der Waals surface area contributed by atoms with Crippen LogP contribution in [-0.2, 0) is 9.24 Å². The van der Waals surface area contributed by atoms with Gasteiger partial charge in [-0.15, -0.1) is 0 Å². The summed E-state index contributed by atoms with van der Waals surface area (Å²) in [6.45, 7) is 0. The predicted octanol–water partition coefficient (Wildman–Crippen LogP) is 1.37. The topological polar surface area (TPSA) is 71.3 Å². The van der Waals surface area contributed by atoms with Crippen LogP contribution < -0.4 is 4.83 Å². The molecule has 0 unspecified atom stereocenters. The molecule has 0 saturated heterocycles. The average Bonchev–Trinajstić information content (AvgIpc) is 2.41. The zero-order valence-electron chi connectivity index (χ0n) is 7.38. The summed E-state index contributed by atoms with van der Waals surface area (Å²) in [5.41, 5.74) is 0.527. The first-order valence-corrected chi connectivity index (χ1v) is 6.30. The number of aromatic hydroxyl groups is 1. The number of nitrogens with zero attached hydrogens (tertiary/aromatic N) is 1. The second-order valence-electron chi connectivity index (χ2n) is 2.93. The zero-order chi connectivity index (χ0) is 11.1. The Balaban J connectivity index is 2.64. The molecular formula is C8H7ClN2O3S. The Labute approximate surface area is 90.4 Å². The molecule has 0 aliphatic carbocycles. The molecule has 2 rings (SSSR count). The number of benzene rings is 1. The van der Waals surface area contributed by atoms with Crippen molar-refractivity contribution in [1.29, 1.82) is 0 Å². The Morgan fingerprint density at radius 3 is 2.67 bits per heavy atom. The van der Waals surface area contributed by atoms with Gasteiger partial charge in [0, 0.05) is 22.1 Å². The number of hydrogen-bond acceptors (Lipinski definition) is 3. The van der Waals surface area contributed by atoms with Gasteiger partial charge < -0.3 is 5.11 Å². The van der Waals surface area contributed by atoms with Gasteiger partial charge in [-0.25, -0.2) is 9.51 Å². The number of para-hydroxylation sites is 1. The van der Waals surface area contributed by atoms with Crippen LogP contribution in [0, 0.1) is 0 Å². The van der Waals surface area contributed by atoms with E-state index in [0.717, 1.165) is 4.68 Å². The van der Waals surface area contributed by atoms with E-state index in [1.807, 2.05) is 4.83 Å². The molecule has 0 aliphatic heterocycles. The Hall–Kier alpha value is -1.40. The molecule has 0 radical (unpaired) electrons. The summed E-state index contributed by atoms with van der Waals surface area (Å²) in [5.74, 6) is -0.222. The molecule has 0 atom stereocenters. The summed E-state index contributed by atoms with van der Waals surface area (Å²) >= 11 is 0. The van der Waals surface area contributed by atoms with Crippen LogP contribution in [0.15, 0.2) is 30.3 Å². The Kier molecular flexibility index (Phi) is 2.24. The van der Waals surface area contributed by atoms with Crippen molar-refractivity contribution < 1.29 is 13.5 Å². The van der Waals surface area contributed by atoms with E-state index in [2.05, 4.69) is 0 Å². The highest BCUT2D eigenvalue weighted by Crippen LogP contribution is 2.23. The molecule has 7 heteroatoms. The normalized spacial score (nSPS) is 11.8. The number of halogens is 1. The highest BCUT2D eigenvalue weighted by molar-refractivity contribution is 8.14. The third-order valence-corrected chi connectivity index (χ3v) is 2.50. The molecule has 1 aromatic carbocycles. The van der Waals surface area contributed by atoms with E-state index in [1.54, 1.807) is 24.3 Å². The van der Waals surface area contributed by atoms with E-state index in [0.29, 0.717) is 10.9 Å². The van der Waals surface area contributed by atoms with Gasteiger partial charge >= 0.3 is 9.24 Å². The fraction of sp³-hybridized carbons (Fsp3) is 0. The first-order valence-electron chi connectivity index (χ1n) is 3.99. The fourth-order valence-corrected chi connectivity index (χ4v) is 1.96. The van der Waals surface area contributed by atoms with Crippen LogP contribution in [0.2, 0.25) is 0 Å². The third kappa shape index (κ3) is 2.00. The summed E-state index contributed by atoms with van der Waals surface area (Å²) in [4.78, 5) is 1.98. The van der Waals surface area contributed by atoms with Gasteiger partial charge in [-0.3, -0.25) is 0 Å². The Bertz CT molecular complexity index is 605. The van der Waals surface area contributed by atoms with E-state index in [1.165, 1.54) is 6.07 Å². The minimum atomic E-state index is -3.94. The SMILES string of the molecule is O=S(=O)(Cl)Nn1c(O)cc2ccccc21. The number of rotatable bonds is 2. The molecule has 0 spiro atoms. The minimum Gasteiger partial charge on any atom is -0.493 e. The summed E-state index contributed by atoms with van der Waals surface area (Å²) < 4.78 is 22.6. The van der Waals surface area contributed by atoms with Gasteiger partial charge in [-0.05, 0) is 6.07 Å². The lowest BCUT2D eigenvalue weighted by atomic mass is 10.3. The molecule has 80 valence electrons. The highest BCUT2D eigenvalue weighted by atomic mass is 35.7. The first kappa shape index (κ1) is 10.1. The summed E-state index contributed by atoms with van der Waals surface area (Å²) in [7, 11) is 1.09. The largest absolute Gasteiger partial charge is 0.493 e. The molecule has 0 aliphatic rings. The Morgan fingerprint density at radius 1 is 1.33 bits per heavy atom. The van der Waals surface area contributed by atoms with Crippen molar-refractivity contribution in [3.05, 3.63) is 30.3 Å². The number of fused-ring (bicyclic) bond motifs is 1. The highest BCUT2D eigenvalue weighted by Gasteiger charge is 2.11. The van der Waals surface area contributed by atoms with Gasteiger partial charge in [0.1, 0.15) is 0 Å². The van der Waals surface area contributed by atoms with E-state index in [-0.39, 0.29) is 5.88 Å². The molecule has 1 heterocycles. The van der Waals surface area contributed by atoms with Gasteiger partial charge in [0.25, 0.3) is 0 Å². The molecule has 0 bridgehead atoms. The van der Waals surface area contributed by atoms with Gasteiger partial charge in [0.2, 0.25) is 5.88 Å². The molecule has 0 amide bonds. The van der Waals surface area contributed by atoms with Crippen molar-refractivity contribution in [2.45, 2.75) is 0 Å². The van der Waals surface area contributed by atoms with Crippen LogP contribution >= 0.6 is 10.7 Å². The molecule has 5 nitrogen and oxygen atoms in total. The zero-order valence-corrected chi connectivity index (χ0v) is 8.96. The molecule has 1 aromatic heterocycles. The molecule has 0 saturated carbocycles. The summed E-state index contributed by atoms with van der Waals surface area (Å²) in [6, 6.07) is 8.34. The summed E-state index contributed by atoms with van der Waals surface area (Å²) in [5, 5.41) is 10.2. The van der Waals surface area contributed by atoms with Crippen molar-refractivity contribution in [2.24, 2.45) is 0 Å². The maximum atomic E-state index is 10.8. The predicted molar refractivity (Wildman–Crippen MR) is 57.7 cm³/mol. The monoisotopic (exact) mass is 246 g/mol. The number of aromatic nitrogens is 1. The van der Waals surface area contributed by atoms with E-state index in [4.69, 9.17) is 10.7 Å². The quantitative estimate of drug-likeness (QED) is 0.787. The maximum Gasteiger partial charge on any atom is 0.332 e. The van der Waals surface area contributed by atoms with E-state index < -0.39 is 9.24 Å². The van der Waals surface area contributed by atoms with Crippen molar-refractivity contribution >= 4 is 30.8 Å². The minimum absolute atomic E-state index is 0.222. The van der Waals surface area contributed by atoms with Crippen molar-refractivity contribution in [3.8, 4) is 5.88 Å². The molecule has 2 N–H and O–H groups in total. The number of hydrogen-bond donors (Lipinski definition) is 2. The smallest absolute Gasteiger partial charge is 0.332 e. The standard InChI is InChI=1S/C8H7ClN2O3S/c9-15(13,14)10-11-7-4-2-1-3-6(7)5-8(11)12/h1-5,10,12H. The van der Waals surface area contributed by atoms with Gasteiger partial charge in [0.15, 0.2) is 0 Å². The fourth-order valence-electron chi connectivity index (χ4n) is 1.35. The van der Waals surface area contributed by atoms with Gasteiger partial charge in [-0.2, -0.15) is 8.42 Å². The van der Waals surface area contributed by atoms with Crippen LogP contribution in [-0.4, -0.2) is 18.2 Å². The summed E-state index contributed by atoms with van der Waals surface area (Å²) in [6.07, 6.45) is 0.